The summed E-state index contributed by atoms with van der Waals surface area (Å²) in [5, 5.41) is 5.99. The molecule has 188 valence electrons. The normalized spacial score (nSPS) is 18.1. The number of benzene rings is 2. The van der Waals surface area contributed by atoms with Gasteiger partial charge >= 0.3 is 6.03 Å². The highest BCUT2D eigenvalue weighted by molar-refractivity contribution is 6.09. The van der Waals surface area contributed by atoms with E-state index in [0.29, 0.717) is 23.7 Å². The number of imide groups is 1. The van der Waals surface area contributed by atoms with Crippen LogP contribution >= 0.6 is 0 Å². The number of nitrogens with two attached hydrogens (primary N) is 1. The van der Waals surface area contributed by atoms with Gasteiger partial charge in [-0.1, -0.05) is 19.1 Å². The molecule has 0 aromatic heterocycles. The third kappa shape index (κ3) is 4.95. The van der Waals surface area contributed by atoms with Crippen molar-refractivity contribution in [3.8, 4) is 5.75 Å². The number of likely N-dealkylation sites (N-methyl/N-ethyl adjacent to an activating group) is 2. The van der Waals surface area contributed by atoms with Gasteiger partial charge in [0.05, 0.1) is 5.69 Å². The standard InChI is InChI=1S/C26H35N5O4/c1-8-28-24-23(29-21(32)13-35-20-12-15(3)22(27)18(6)17(20)5)25(33)30(7)26(34)31(24)19-11-9-10-14(2)16(19)4/h9-12,23-24,28H,8,13,27H2,1-7H3,(H,29,32). The fourth-order valence-corrected chi connectivity index (χ4v) is 4.25. The largest absolute Gasteiger partial charge is 0.483 e. The third-order valence-electron chi connectivity index (χ3n) is 6.72. The number of hydrogen-bond acceptors (Lipinski definition) is 6. The molecule has 0 spiro atoms. The van der Waals surface area contributed by atoms with Crippen LogP contribution in [0.5, 0.6) is 5.75 Å². The Labute approximate surface area is 206 Å². The van der Waals surface area contributed by atoms with Crippen molar-refractivity contribution in [1.29, 1.82) is 0 Å². The summed E-state index contributed by atoms with van der Waals surface area (Å²) in [6, 6.07) is 6.01. The van der Waals surface area contributed by atoms with E-state index in [1.54, 1.807) is 6.07 Å². The quantitative estimate of drug-likeness (QED) is 0.524. The van der Waals surface area contributed by atoms with Crippen molar-refractivity contribution >= 4 is 29.2 Å². The maximum absolute atomic E-state index is 13.2. The molecule has 2 aromatic rings. The van der Waals surface area contributed by atoms with Gasteiger partial charge in [0.2, 0.25) is 0 Å². The lowest BCUT2D eigenvalue weighted by atomic mass is 10.0. The van der Waals surface area contributed by atoms with Crippen molar-refractivity contribution in [2.75, 3.05) is 30.8 Å². The zero-order chi connectivity index (χ0) is 26.0. The topological polar surface area (TPSA) is 117 Å². The molecule has 9 nitrogen and oxygen atoms in total. The van der Waals surface area contributed by atoms with Crippen LogP contribution < -0.4 is 26.0 Å². The van der Waals surface area contributed by atoms with E-state index in [9.17, 15) is 14.4 Å². The number of hydrogen-bond donors (Lipinski definition) is 3. The van der Waals surface area contributed by atoms with Crippen molar-refractivity contribution in [2.24, 2.45) is 0 Å². The number of aryl methyl sites for hydroxylation is 2. The minimum absolute atomic E-state index is 0.284. The van der Waals surface area contributed by atoms with Crippen LogP contribution in [0, 0.1) is 34.6 Å². The molecule has 35 heavy (non-hydrogen) atoms. The molecular weight excluding hydrogens is 446 g/mol. The van der Waals surface area contributed by atoms with Gasteiger partial charge in [0.25, 0.3) is 11.8 Å². The number of amides is 4. The Morgan fingerprint density at radius 2 is 1.74 bits per heavy atom. The van der Waals surface area contributed by atoms with Gasteiger partial charge in [-0.3, -0.25) is 24.7 Å². The number of carbonyl (C=O) groups is 3. The predicted molar refractivity (Wildman–Crippen MR) is 137 cm³/mol. The second kappa shape index (κ2) is 10.4. The minimum atomic E-state index is -0.996. The summed E-state index contributed by atoms with van der Waals surface area (Å²) < 4.78 is 5.79. The minimum Gasteiger partial charge on any atom is -0.483 e. The summed E-state index contributed by atoms with van der Waals surface area (Å²) in [7, 11) is 1.42. The molecule has 0 saturated carbocycles. The van der Waals surface area contributed by atoms with Crippen molar-refractivity contribution in [2.45, 2.75) is 53.8 Å². The van der Waals surface area contributed by atoms with Crippen molar-refractivity contribution in [3.63, 3.8) is 0 Å². The van der Waals surface area contributed by atoms with Crippen molar-refractivity contribution < 1.29 is 19.1 Å². The van der Waals surface area contributed by atoms with Crippen LogP contribution in [-0.4, -0.2) is 55.2 Å². The molecule has 0 aliphatic carbocycles. The van der Waals surface area contributed by atoms with Gasteiger partial charge in [-0.15, -0.1) is 0 Å². The summed E-state index contributed by atoms with van der Waals surface area (Å²) in [5.41, 5.74) is 12.0. The molecule has 1 fully saturated rings. The second-order valence-corrected chi connectivity index (χ2v) is 8.96. The first kappa shape index (κ1) is 26.0. The molecule has 3 rings (SSSR count). The van der Waals surface area contributed by atoms with Crippen molar-refractivity contribution in [3.05, 3.63) is 52.1 Å². The number of nitrogens with zero attached hydrogens (tertiary/aromatic N) is 2. The summed E-state index contributed by atoms with van der Waals surface area (Å²) in [4.78, 5) is 41.8. The Bertz CT molecular complexity index is 1160. The van der Waals surface area contributed by atoms with Gasteiger partial charge in [-0.2, -0.15) is 0 Å². The first-order valence-corrected chi connectivity index (χ1v) is 11.7. The number of nitrogens with one attached hydrogen (secondary N) is 2. The van der Waals surface area contributed by atoms with Crippen LogP contribution in [0.3, 0.4) is 0 Å². The van der Waals surface area contributed by atoms with Crippen LogP contribution in [0.4, 0.5) is 16.2 Å². The molecule has 1 saturated heterocycles. The smallest absolute Gasteiger partial charge is 0.332 e. The molecule has 2 atom stereocenters. The Kier molecular flexibility index (Phi) is 7.70. The Balaban J connectivity index is 1.86. The average molecular weight is 482 g/mol. The lowest BCUT2D eigenvalue weighted by molar-refractivity contribution is -0.135. The molecule has 9 heteroatoms. The molecule has 2 unspecified atom stereocenters. The van der Waals surface area contributed by atoms with E-state index in [0.717, 1.165) is 32.7 Å². The van der Waals surface area contributed by atoms with Gasteiger partial charge in [0.1, 0.15) is 18.0 Å². The Morgan fingerprint density at radius 1 is 1.06 bits per heavy atom. The molecule has 0 bridgehead atoms. The molecule has 4 N–H and O–H groups in total. The molecule has 1 heterocycles. The van der Waals surface area contributed by atoms with Crippen LogP contribution in [0.2, 0.25) is 0 Å². The summed E-state index contributed by atoms with van der Waals surface area (Å²) >= 11 is 0. The maximum atomic E-state index is 13.2. The Hall–Kier alpha value is -3.59. The second-order valence-electron chi connectivity index (χ2n) is 8.96. The van der Waals surface area contributed by atoms with Gasteiger partial charge in [-0.05, 0) is 81.1 Å². The van der Waals surface area contributed by atoms with E-state index in [1.165, 1.54) is 11.9 Å². The SMILES string of the molecule is CCNC1C(NC(=O)COc2cc(C)c(N)c(C)c2C)C(=O)N(C)C(=O)N1c1cccc(C)c1C. The average Bonchev–Trinajstić information content (AvgIpc) is 2.83. The van der Waals surface area contributed by atoms with E-state index in [2.05, 4.69) is 10.6 Å². The number of anilines is 2. The maximum Gasteiger partial charge on any atom is 0.332 e. The van der Waals surface area contributed by atoms with Gasteiger partial charge in [0.15, 0.2) is 6.61 Å². The highest BCUT2D eigenvalue weighted by Gasteiger charge is 2.46. The third-order valence-corrected chi connectivity index (χ3v) is 6.72. The zero-order valence-corrected chi connectivity index (χ0v) is 21.5. The molecule has 0 radical (unpaired) electrons. The van der Waals surface area contributed by atoms with Gasteiger partial charge in [-0.25, -0.2) is 4.79 Å². The number of rotatable bonds is 7. The van der Waals surface area contributed by atoms with Gasteiger partial charge < -0.3 is 15.8 Å². The summed E-state index contributed by atoms with van der Waals surface area (Å²) in [5.74, 6) is -0.403. The van der Waals surface area contributed by atoms with E-state index in [-0.39, 0.29) is 6.61 Å². The number of ether oxygens (including phenoxy) is 1. The van der Waals surface area contributed by atoms with E-state index < -0.39 is 30.1 Å². The van der Waals surface area contributed by atoms with E-state index in [1.807, 2.05) is 59.7 Å². The summed E-state index contributed by atoms with van der Waals surface area (Å²) in [6.45, 7) is 11.6. The fraction of sp³-hybridized carbons (Fsp3) is 0.423. The fourth-order valence-electron chi connectivity index (χ4n) is 4.25. The number of carbonyl (C=O) groups excluding carboxylic acids is 3. The van der Waals surface area contributed by atoms with Crippen LogP contribution in [0.15, 0.2) is 24.3 Å². The first-order chi connectivity index (χ1) is 16.5. The zero-order valence-electron chi connectivity index (χ0n) is 21.5. The first-order valence-electron chi connectivity index (χ1n) is 11.7. The Morgan fingerprint density at radius 3 is 2.40 bits per heavy atom. The van der Waals surface area contributed by atoms with E-state index in [4.69, 9.17) is 10.5 Å². The van der Waals surface area contributed by atoms with Crippen LogP contribution in [-0.2, 0) is 9.59 Å². The molecule has 1 aliphatic heterocycles. The highest BCUT2D eigenvalue weighted by Crippen LogP contribution is 2.30. The van der Waals surface area contributed by atoms with Crippen molar-refractivity contribution in [1.82, 2.24) is 15.5 Å². The lowest BCUT2D eigenvalue weighted by Crippen LogP contribution is -2.72. The number of urea groups is 1. The van der Waals surface area contributed by atoms with Crippen LogP contribution in [0.25, 0.3) is 0 Å². The molecular formula is C26H35N5O4. The molecule has 1 aliphatic rings. The lowest BCUT2D eigenvalue weighted by Gasteiger charge is -2.44. The monoisotopic (exact) mass is 481 g/mol. The summed E-state index contributed by atoms with van der Waals surface area (Å²) in [6.07, 6.45) is -0.761. The van der Waals surface area contributed by atoms with E-state index >= 15 is 0 Å². The van der Waals surface area contributed by atoms with Gasteiger partial charge in [0, 0.05) is 12.7 Å². The number of nitrogen functional groups attached to an aromatic ring is 1. The van der Waals surface area contributed by atoms with Crippen LogP contribution in [0.1, 0.15) is 34.7 Å². The highest BCUT2D eigenvalue weighted by atomic mass is 16.5. The molecule has 4 amide bonds. The molecule has 2 aromatic carbocycles. The predicted octanol–water partition coefficient (Wildman–Crippen LogP) is 2.71.